The van der Waals surface area contributed by atoms with Gasteiger partial charge < -0.3 is 9.64 Å². The number of likely N-dealkylation sites (N-methyl/N-ethyl adjacent to an activating group) is 1. The fourth-order valence-electron chi connectivity index (χ4n) is 1.59. The van der Waals surface area contributed by atoms with Crippen LogP contribution in [0.25, 0.3) is 0 Å². The largest absolute Gasteiger partial charge is 0.352 e. The smallest absolute Gasteiger partial charge is 0.224 e. The molecule has 0 spiro atoms. The molecule has 4 heteroatoms. The summed E-state index contributed by atoms with van der Waals surface area (Å²) in [5.41, 5.74) is -0.951. The first-order chi connectivity index (χ1) is 6.08. The SMILES string of the molecule is CCC(=O)N(C)C1(OC)CCC1=O. The van der Waals surface area contributed by atoms with Gasteiger partial charge in [-0.25, -0.2) is 0 Å². The quantitative estimate of drug-likeness (QED) is 0.603. The Bertz CT molecular complexity index is 235. The number of carbonyl (C=O) groups excluding carboxylic acids is 2. The maximum atomic E-state index is 11.3. The van der Waals surface area contributed by atoms with E-state index in [1.807, 2.05) is 0 Å². The Balaban J connectivity index is 2.77. The molecule has 4 nitrogen and oxygen atoms in total. The third-order valence-electron chi connectivity index (χ3n) is 2.68. The van der Waals surface area contributed by atoms with Gasteiger partial charge in [-0.05, 0) is 0 Å². The molecule has 0 aromatic carbocycles. The molecule has 0 aliphatic heterocycles. The first kappa shape index (κ1) is 10.2. The van der Waals surface area contributed by atoms with Crippen LogP contribution in [-0.2, 0) is 14.3 Å². The van der Waals surface area contributed by atoms with Crippen LogP contribution in [0.3, 0.4) is 0 Å². The second-order valence-electron chi connectivity index (χ2n) is 3.22. The molecule has 13 heavy (non-hydrogen) atoms. The second-order valence-corrected chi connectivity index (χ2v) is 3.22. The number of hydrogen-bond acceptors (Lipinski definition) is 3. The van der Waals surface area contributed by atoms with E-state index < -0.39 is 5.72 Å². The van der Waals surface area contributed by atoms with Crippen molar-refractivity contribution in [2.45, 2.75) is 31.9 Å². The van der Waals surface area contributed by atoms with E-state index in [4.69, 9.17) is 4.74 Å². The molecule has 1 aliphatic carbocycles. The van der Waals surface area contributed by atoms with Crippen molar-refractivity contribution in [1.29, 1.82) is 0 Å². The number of Topliss-reactive ketones (excluding diaryl/α,β-unsaturated/α-hetero) is 1. The Kier molecular flexibility index (Phi) is 2.71. The summed E-state index contributed by atoms with van der Waals surface area (Å²) in [5, 5.41) is 0. The minimum Gasteiger partial charge on any atom is -0.352 e. The van der Waals surface area contributed by atoms with Crippen LogP contribution in [0, 0.1) is 0 Å². The number of carbonyl (C=O) groups is 2. The zero-order chi connectivity index (χ0) is 10.1. The Labute approximate surface area is 77.8 Å². The van der Waals surface area contributed by atoms with E-state index in [9.17, 15) is 9.59 Å². The highest BCUT2D eigenvalue weighted by molar-refractivity contribution is 5.96. The summed E-state index contributed by atoms with van der Waals surface area (Å²) >= 11 is 0. The number of amides is 1. The second kappa shape index (κ2) is 3.46. The average molecular weight is 185 g/mol. The molecule has 1 amide bonds. The van der Waals surface area contributed by atoms with Crippen molar-refractivity contribution in [1.82, 2.24) is 4.90 Å². The van der Waals surface area contributed by atoms with E-state index in [2.05, 4.69) is 0 Å². The number of ether oxygens (including phenoxy) is 1. The van der Waals surface area contributed by atoms with Crippen molar-refractivity contribution in [2.75, 3.05) is 14.2 Å². The van der Waals surface area contributed by atoms with Gasteiger partial charge in [-0.1, -0.05) is 6.92 Å². The molecular weight excluding hydrogens is 170 g/mol. The highest BCUT2D eigenvalue weighted by Crippen LogP contribution is 2.34. The predicted molar refractivity (Wildman–Crippen MR) is 47.0 cm³/mol. The molecular formula is C9H15NO3. The van der Waals surface area contributed by atoms with Crippen molar-refractivity contribution in [3.8, 4) is 0 Å². The van der Waals surface area contributed by atoms with Crippen LogP contribution >= 0.6 is 0 Å². The van der Waals surface area contributed by atoms with Crippen molar-refractivity contribution in [3.05, 3.63) is 0 Å². The zero-order valence-electron chi connectivity index (χ0n) is 8.29. The van der Waals surface area contributed by atoms with E-state index in [-0.39, 0.29) is 11.7 Å². The molecule has 0 saturated heterocycles. The summed E-state index contributed by atoms with van der Waals surface area (Å²) in [6.45, 7) is 1.77. The molecule has 1 fully saturated rings. The van der Waals surface area contributed by atoms with Crippen LogP contribution in [0.15, 0.2) is 0 Å². The van der Waals surface area contributed by atoms with Gasteiger partial charge in [0.2, 0.25) is 11.6 Å². The first-order valence-corrected chi connectivity index (χ1v) is 4.43. The molecule has 0 bridgehead atoms. The Morgan fingerprint density at radius 3 is 2.54 bits per heavy atom. The number of rotatable bonds is 3. The summed E-state index contributed by atoms with van der Waals surface area (Å²) in [6, 6.07) is 0. The van der Waals surface area contributed by atoms with Gasteiger partial charge in [-0.2, -0.15) is 0 Å². The predicted octanol–water partition coefficient (Wildman–Crippen LogP) is 0.560. The topological polar surface area (TPSA) is 46.6 Å². The maximum absolute atomic E-state index is 11.3. The molecule has 1 atom stereocenters. The van der Waals surface area contributed by atoms with Gasteiger partial charge in [-0.15, -0.1) is 0 Å². The van der Waals surface area contributed by atoms with Gasteiger partial charge in [0.25, 0.3) is 0 Å². The average Bonchev–Trinajstić information content (AvgIpc) is 2.15. The van der Waals surface area contributed by atoms with Crippen LogP contribution < -0.4 is 0 Å². The Morgan fingerprint density at radius 2 is 2.31 bits per heavy atom. The van der Waals surface area contributed by atoms with Crippen LogP contribution in [0.4, 0.5) is 0 Å². The fraction of sp³-hybridized carbons (Fsp3) is 0.778. The molecule has 1 rings (SSSR count). The van der Waals surface area contributed by atoms with E-state index >= 15 is 0 Å². The maximum Gasteiger partial charge on any atom is 0.224 e. The third kappa shape index (κ3) is 1.35. The summed E-state index contributed by atoms with van der Waals surface area (Å²) in [7, 11) is 3.09. The monoisotopic (exact) mass is 185 g/mol. The normalized spacial score (nSPS) is 26.8. The minimum absolute atomic E-state index is 0.000648. The summed E-state index contributed by atoms with van der Waals surface area (Å²) in [5.74, 6) is -0.0609. The van der Waals surface area contributed by atoms with E-state index in [0.717, 1.165) is 0 Å². The number of ketones is 1. The first-order valence-electron chi connectivity index (χ1n) is 4.43. The lowest BCUT2D eigenvalue weighted by Crippen LogP contribution is -2.62. The van der Waals surface area contributed by atoms with Gasteiger partial charge in [0.1, 0.15) is 0 Å². The van der Waals surface area contributed by atoms with Gasteiger partial charge in [-0.3, -0.25) is 9.59 Å². The molecule has 0 aromatic rings. The van der Waals surface area contributed by atoms with Crippen molar-refractivity contribution in [3.63, 3.8) is 0 Å². The lowest BCUT2D eigenvalue weighted by molar-refractivity contribution is -0.193. The van der Waals surface area contributed by atoms with Gasteiger partial charge >= 0.3 is 0 Å². The van der Waals surface area contributed by atoms with Crippen molar-refractivity contribution < 1.29 is 14.3 Å². The van der Waals surface area contributed by atoms with Crippen LogP contribution in [0.1, 0.15) is 26.2 Å². The van der Waals surface area contributed by atoms with Gasteiger partial charge in [0, 0.05) is 33.4 Å². The number of methoxy groups -OCH3 is 1. The molecule has 1 aliphatic rings. The summed E-state index contributed by atoms with van der Waals surface area (Å²) in [6.07, 6.45) is 1.52. The van der Waals surface area contributed by atoms with E-state index in [0.29, 0.717) is 19.3 Å². The molecule has 0 N–H and O–H groups in total. The van der Waals surface area contributed by atoms with Gasteiger partial charge in [0.15, 0.2) is 5.78 Å². The molecule has 1 saturated carbocycles. The van der Waals surface area contributed by atoms with Crippen LogP contribution in [-0.4, -0.2) is 36.5 Å². The number of nitrogens with zero attached hydrogens (tertiary/aromatic N) is 1. The van der Waals surface area contributed by atoms with E-state index in [1.165, 1.54) is 12.0 Å². The Morgan fingerprint density at radius 1 is 1.69 bits per heavy atom. The molecule has 0 radical (unpaired) electrons. The van der Waals surface area contributed by atoms with E-state index in [1.54, 1.807) is 14.0 Å². The van der Waals surface area contributed by atoms with Crippen molar-refractivity contribution >= 4 is 11.7 Å². The third-order valence-corrected chi connectivity index (χ3v) is 2.68. The highest BCUT2D eigenvalue weighted by atomic mass is 16.5. The van der Waals surface area contributed by atoms with Crippen LogP contribution in [0.2, 0.25) is 0 Å². The standard InChI is InChI=1S/C9H15NO3/c1-4-8(12)10(2)9(13-3)6-5-7(9)11/h4-6H2,1-3H3. The number of hydrogen-bond donors (Lipinski definition) is 0. The van der Waals surface area contributed by atoms with Gasteiger partial charge in [0.05, 0.1) is 0 Å². The highest BCUT2D eigenvalue weighted by Gasteiger charge is 2.51. The fourth-order valence-corrected chi connectivity index (χ4v) is 1.59. The molecule has 0 aromatic heterocycles. The summed E-state index contributed by atoms with van der Waals surface area (Å²) in [4.78, 5) is 24.1. The van der Waals surface area contributed by atoms with Crippen molar-refractivity contribution in [2.24, 2.45) is 0 Å². The zero-order valence-corrected chi connectivity index (χ0v) is 8.29. The molecule has 74 valence electrons. The lowest BCUT2D eigenvalue weighted by atomic mass is 9.84. The Hall–Kier alpha value is -0.900. The minimum atomic E-state index is -0.951. The lowest BCUT2D eigenvalue weighted by Gasteiger charge is -2.45. The summed E-state index contributed by atoms with van der Waals surface area (Å²) < 4.78 is 5.13. The van der Waals surface area contributed by atoms with Crippen LogP contribution in [0.5, 0.6) is 0 Å². The molecule has 0 heterocycles. The molecule has 1 unspecified atom stereocenters.